The lowest BCUT2D eigenvalue weighted by atomic mass is 10.1. The number of carbonyl (C=O) groups excluding carboxylic acids is 2. The number of amides is 2. The number of carbonyl (C=O) groups is 4. The first kappa shape index (κ1) is 24.4. The lowest BCUT2D eigenvalue weighted by Gasteiger charge is -2.31. The molecule has 0 fully saturated rings. The van der Waals surface area contributed by atoms with Gasteiger partial charge in [-0.3, -0.25) is 4.79 Å². The molecule has 0 unspecified atom stereocenters. The van der Waals surface area contributed by atoms with Crippen LogP contribution in [0.1, 0.15) is 60.8 Å². The molecule has 0 saturated heterocycles. The maximum absolute atomic E-state index is 12.4. The second kappa shape index (κ2) is 9.94. The third kappa shape index (κ3) is 10.9. The summed E-state index contributed by atoms with van der Waals surface area (Å²) >= 11 is 0. The summed E-state index contributed by atoms with van der Waals surface area (Å²) in [6, 6.07) is -1.56. The Bertz CT molecular complexity index is 555. The van der Waals surface area contributed by atoms with Crippen molar-refractivity contribution < 1.29 is 38.9 Å². The van der Waals surface area contributed by atoms with Crippen molar-refractivity contribution in [3.8, 4) is 0 Å². The Kier molecular flexibility index (Phi) is 8.99. The van der Waals surface area contributed by atoms with Crippen LogP contribution in [0.15, 0.2) is 12.2 Å². The molecule has 0 aliphatic heterocycles. The molecule has 0 radical (unpaired) electrons. The molecule has 0 aromatic rings. The standard InChI is InChI=1S/C18H29NO8/c1-17(2,3)26-15(24)19(16(25)27-18(4,5)6)12(14(22)23)10-8-7-9-11-13(20)21/h7-8,12H,9-11H2,1-6H3,(H,20,21)(H,22,23)/t12-/m0/s1. The second-order valence-corrected chi connectivity index (χ2v) is 7.82. The van der Waals surface area contributed by atoms with Crippen molar-refractivity contribution in [1.82, 2.24) is 4.90 Å². The van der Waals surface area contributed by atoms with E-state index in [1.165, 1.54) is 12.2 Å². The van der Waals surface area contributed by atoms with Gasteiger partial charge in [0.25, 0.3) is 0 Å². The first-order valence-corrected chi connectivity index (χ1v) is 8.49. The molecule has 154 valence electrons. The van der Waals surface area contributed by atoms with E-state index in [-0.39, 0.29) is 19.3 Å². The molecule has 27 heavy (non-hydrogen) atoms. The Labute approximate surface area is 158 Å². The van der Waals surface area contributed by atoms with Crippen molar-refractivity contribution in [2.24, 2.45) is 0 Å². The molecule has 1 atom stereocenters. The van der Waals surface area contributed by atoms with Crippen molar-refractivity contribution in [3.63, 3.8) is 0 Å². The molecule has 2 N–H and O–H groups in total. The van der Waals surface area contributed by atoms with Crippen molar-refractivity contribution in [2.75, 3.05) is 0 Å². The Morgan fingerprint density at radius 1 is 0.889 bits per heavy atom. The van der Waals surface area contributed by atoms with Gasteiger partial charge in [-0.1, -0.05) is 12.2 Å². The Morgan fingerprint density at radius 3 is 1.67 bits per heavy atom. The van der Waals surface area contributed by atoms with Gasteiger partial charge in [0.05, 0.1) is 0 Å². The van der Waals surface area contributed by atoms with E-state index in [1.807, 2.05) is 0 Å². The van der Waals surface area contributed by atoms with E-state index in [0.29, 0.717) is 4.90 Å². The van der Waals surface area contributed by atoms with E-state index in [1.54, 1.807) is 41.5 Å². The number of carboxylic acids is 2. The lowest BCUT2D eigenvalue weighted by Crippen LogP contribution is -2.51. The fourth-order valence-electron chi connectivity index (χ4n) is 1.82. The number of aliphatic carboxylic acids is 2. The number of carboxylic acid groups (broad SMARTS) is 2. The number of imide groups is 1. The summed E-state index contributed by atoms with van der Waals surface area (Å²) in [5.41, 5.74) is -1.89. The fourth-order valence-corrected chi connectivity index (χ4v) is 1.82. The molecule has 9 heteroatoms. The lowest BCUT2D eigenvalue weighted by molar-refractivity contribution is -0.143. The Hall–Kier alpha value is -2.58. The smallest absolute Gasteiger partial charge is 0.420 e. The summed E-state index contributed by atoms with van der Waals surface area (Å²) < 4.78 is 10.3. The van der Waals surface area contributed by atoms with Crippen LogP contribution in [0.25, 0.3) is 0 Å². The highest BCUT2D eigenvalue weighted by Crippen LogP contribution is 2.19. The first-order valence-electron chi connectivity index (χ1n) is 8.49. The Morgan fingerprint density at radius 2 is 1.33 bits per heavy atom. The normalized spacial score (nSPS) is 13.1. The van der Waals surface area contributed by atoms with Gasteiger partial charge < -0.3 is 19.7 Å². The number of rotatable bonds is 7. The predicted molar refractivity (Wildman–Crippen MR) is 96.4 cm³/mol. The van der Waals surface area contributed by atoms with Crippen LogP contribution >= 0.6 is 0 Å². The predicted octanol–water partition coefficient (Wildman–Crippen LogP) is 3.42. The summed E-state index contributed by atoms with van der Waals surface area (Å²) in [6.45, 7) is 9.50. The Balaban J connectivity index is 5.53. The third-order valence-corrected chi connectivity index (χ3v) is 2.83. The molecule has 2 amide bonds. The summed E-state index contributed by atoms with van der Waals surface area (Å²) in [6.07, 6.45) is 0.478. The van der Waals surface area contributed by atoms with Crippen LogP contribution in [0.3, 0.4) is 0 Å². The molecule has 9 nitrogen and oxygen atoms in total. The van der Waals surface area contributed by atoms with Gasteiger partial charge in [-0.05, 0) is 54.4 Å². The summed E-state index contributed by atoms with van der Waals surface area (Å²) in [5, 5.41) is 18.1. The molecule has 0 bridgehead atoms. The van der Waals surface area contributed by atoms with Crippen LogP contribution in [0.4, 0.5) is 9.59 Å². The summed E-state index contributed by atoms with van der Waals surface area (Å²) in [4.78, 5) is 47.5. The molecule has 0 spiro atoms. The van der Waals surface area contributed by atoms with Crippen molar-refractivity contribution in [2.45, 2.75) is 78.0 Å². The minimum Gasteiger partial charge on any atom is -0.481 e. The highest BCUT2D eigenvalue weighted by molar-refractivity contribution is 5.93. The van der Waals surface area contributed by atoms with Gasteiger partial charge in [-0.25, -0.2) is 14.4 Å². The van der Waals surface area contributed by atoms with Gasteiger partial charge in [0.15, 0.2) is 0 Å². The van der Waals surface area contributed by atoms with E-state index in [9.17, 15) is 24.3 Å². The van der Waals surface area contributed by atoms with Crippen LogP contribution in [-0.4, -0.2) is 56.5 Å². The largest absolute Gasteiger partial charge is 0.481 e. The number of ether oxygens (including phenoxy) is 2. The molecule has 0 saturated carbocycles. The molecule has 0 heterocycles. The summed E-state index contributed by atoms with van der Waals surface area (Å²) in [5.74, 6) is -2.41. The monoisotopic (exact) mass is 387 g/mol. The molecule has 0 rings (SSSR count). The van der Waals surface area contributed by atoms with Crippen LogP contribution in [0.2, 0.25) is 0 Å². The van der Waals surface area contributed by atoms with E-state index in [4.69, 9.17) is 14.6 Å². The van der Waals surface area contributed by atoms with Crippen molar-refractivity contribution >= 4 is 24.1 Å². The van der Waals surface area contributed by atoms with Gasteiger partial charge in [0, 0.05) is 6.42 Å². The molecule has 0 aromatic heterocycles. The molecule has 0 aromatic carbocycles. The highest BCUT2D eigenvalue weighted by atomic mass is 16.6. The average Bonchev–Trinajstić information content (AvgIpc) is 2.40. The van der Waals surface area contributed by atoms with Crippen LogP contribution < -0.4 is 0 Å². The van der Waals surface area contributed by atoms with Crippen molar-refractivity contribution in [3.05, 3.63) is 12.2 Å². The zero-order chi connectivity index (χ0) is 21.4. The van der Waals surface area contributed by atoms with Crippen LogP contribution in [0, 0.1) is 0 Å². The maximum atomic E-state index is 12.4. The zero-order valence-corrected chi connectivity index (χ0v) is 16.6. The van der Waals surface area contributed by atoms with Gasteiger partial charge in [-0.2, -0.15) is 4.90 Å². The fraction of sp³-hybridized carbons (Fsp3) is 0.667. The van der Waals surface area contributed by atoms with Gasteiger partial charge in [0.2, 0.25) is 0 Å². The second-order valence-electron chi connectivity index (χ2n) is 7.82. The zero-order valence-electron chi connectivity index (χ0n) is 16.6. The number of hydrogen-bond donors (Lipinski definition) is 2. The average molecular weight is 387 g/mol. The van der Waals surface area contributed by atoms with Gasteiger partial charge >= 0.3 is 24.1 Å². The number of allylic oxidation sites excluding steroid dienone is 1. The van der Waals surface area contributed by atoms with Gasteiger partial charge in [-0.15, -0.1) is 0 Å². The van der Waals surface area contributed by atoms with E-state index in [2.05, 4.69) is 0 Å². The summed E-state index contributed by atoms with van der Waals surface area (Å²) in [7, 11) is 0. The van der Waals surface area contributed by atoms with E-state index < -0.39 is 41.4 Å². The minimum atomic E-state index is -1.56. The van der Waals surface area contributed by atoms with E-state index in [0.717, 1.165) is 0 Å². The maximum Gasteiger partial charge on any atom is 0.420 e. The number of hydrogen-bond acceptors (Lipinski definition) is 6. The third-order valence-electron chi connectivity index (χ3n) is 2.83. The van der Waals surface area contributed by atoms with E-state index >= 15 is 0 Å². The molecule has 0 aliphatic carbocycles. The van der Waals surface area contributed by atoms with Gasteiger partial charge in [0.1, 0.15) is 17.2 Å². The van der Waals surface area contributed by atoms with Crippen LogP contribution in [0.5, 0.6) is 0 Å². The topological polar surface area (TPSA) is 130 Å². The molecule has 0 aliphatic rings. The molecular formula is C18H29NO8. The number of nitrogens with zero attached hydrogens (tertiary/aromatic N) is 1. The minimum absolute atomic E-state index is 0.115. The van der Waals surface area contributed by atoms with Crippen LogP contribution in [-0.2, 0) is 19.1 Å². The first-order chi connectivity index (χ1) is 12.1. The highest BCUT2D eigenvalue weighted by Gasteiger charge is 2.39. The quantitative estimate of drug-likeness (QED) is 0.635. The van der Waals surface area contributed by atoms with Crippen molar-refractivity contribution in [1.29, 1.82) is 0 Å². The molecular weight excluding hydrogens is 358 g/mol. The SMILES string of the molecule is CC(C)(C)OC(=O)N(C(=O)OC(C)(C)C)[C@@H](CC=CCCC(=O)O)C(=O)O.